The lowest BCUT2D eigenvalue weighted by Crippen LogP contribution is -1.81. The Morgan fingerprint density at radius 3 is 2.76 bits per heavy atom. The fourth-order valence-corrected chi connectivity index (χ4v) is 2.34. The molecule has 3 aromatic rings. The van der Waals surface area contributed by atoms with Gasteiger partial charge >= 0.3 is 0 Å². The van der Waals surface area contributed by atoms with E-state index >= 15 is 0 Å². The number of rotatable bonds is 1. The van der Waals surface area contributed by atoms with E-state index in [4.69, 9.17) is 11.6 Å². The van der Waals surface area contributed by atoms with E-state index in [-0.39, 0.29) is 0 Å². The fraction of sp³-hybridized carbons (Fsp3) is 0.0714. The van der Waals surface area contributed by atoms with Gasteiger partial charge in [0.1, 0.15) is 0 Å². The Labute approximate surface area is 104 Å². The van der Waals surface area contributed by atoms with Gasteiger partial charge in [0.05, 0.1) is 16.2 Å². The third-order valence-corrected chi connectivity index (χ3v) is 3.31. The molecule has 0 amide bonds. The van der Waals surface area contributed by atoms with Crippen molar-refractivity contribution in [2.24, 2.45) is 0 Å². The second-order valence-electron chi connectivity index (χ2n) is 4.03. The quantitative estimate of drug-likeness (QED) is 0.681. The van der Waals surface area contributed by atoms with Gasteiger partial charge in [0, 0.05) is 23.3 Å². The molecule has 3 heteroatoms. The summed E-state index contributed by atoms with van der Waals surface area (Å²) in [7, 11) is 0. The van der Waals surface area contributed by atoms with E-state index in [1.54, 1.807) is 6.20 Å². The summed E-state index contributed by atoms with van der Waals surface area (Å²) in [5.41, 5.74) is 4.36. The zero-order chi connectivity index (χ0) is 11.8. The first kappa shape index (κ1) is 10.4. The molecule has 2 heterocycles. The first-order valence-electron chi connectivity index (χ1n) is 5.44. The van der Waals surface area contributed by atoms with Crippen LogP contribution in [0.3, 0.4) is 0 Å². The Hall–Kier alpha value is -1.80. The summed E-state index contributed by atoms with van der Waals surface area (Å²) in [4.78, 5) is 7.52. The highest BCUT2D eigenvalue weighted by Crippen LogP contribution is 2.32. The summed E-state index contributed by atoms with van der Waals surface area (Å²) >= 11 is 6.18. The first-order chi connectivity index (χ1) is 8.27. The van der Waals surface area contributed by atoms with Crippen LogP contribution in [0.5, 0.6) is 0 Å². The molecule has 0 aliphatic heterocycles. The van der Waals surface area contributed by atoms with E-state index in [9.17, 15) is 0 Å². The molecule has 0 spiro atoms. The third kappa shape index (κ3) is 1.61. The van der Waals surface area contributed by atoms with Crippen molar-refractivity contribution in [2.75, 3.05) is 0 Å². The number of hydrogen-bond acceptors (Lipinski definition) is 1. The Morgan fingerprint density at radius 1 is 1.18 bits per heavy atom. The van der Waals surface area contributed by atoms with Gasteiger partial charge in [0.15, 0.2) is 0 Å². The lowest BCUT2D eigenvalue weighted by Gasteiger charge is -1.98. The molecule has 0 saturated carbocycles. The van der Waals surface area contributed by atoms with Crippen molar-refractivity contribution >= 4 is 22.5 Å². The van der Waals surface area contributed by atoms with E-state index in [2.05, 4.69) is 23.0 Å². The molecule has 1 aromatic carbocycles. The lowest BCUT2D eigenvalue weighted by atomic mass is 10.1. The molecule has 0 unspecified atom stereocenters. The van der Waals surface area contributed by atoms with Gasteiger partial charge in [0.25, 0.3) is 0 Å². The molecule has 0 fully saturated rings. The van der Waals surface area contributed by atoms with Gasteiger partial charge in [-0.2, -0.15) is 0 Å². The molecule has 3 rings (SSSR count). The van der Waals surface area contributed by atoms with Crippen molar-refractivity contribution in [1.82, 2.24) is 9.97 Å². The average Bonchev–Trinajstić information content (AvgIpc) is 2.70. The molecule has 84 valence electrons. The largest absolute Gasteiger partial charge is 0.353 e. The minimum atomic E-state index is 0.751. The van der Waals surface area contributed by atoms with Crippen molar-refractivity contribution in [3.63, 3.8) is 0 Å². The molecule has 1 N–H and O–H groups in total. The van der Waals surface area contributed by atoms with Crippen LogP contribution in [0.15, 0.2) is 42.7 Å². The molecule has 0 aliphatic rings. The smallest absolute Gasteiger partial charge is 0.0650 e. The van der Waals surface area contributed by atoms with Crippen LogP contribution < -0.4 is 0 Å². The summed E-state index contributed by atoms with van der Waals surface area (Å²) in [5, 5.41) is 1.91. The molecular formula is C14H11ClN2. The number of nitrogens with one attached hydrogen (secondary N) is 1. The van der Waals surface area contributed by atoms with Crippen molar-refractivity contribution in [1.29, 1.82) is 0 Å². The summed E-state index contributed by atoms with van der Waals surface area (Å²) in [5.74, 6) is 0. The van der Waals surface area contributed by atoms with Gasteiger partial charge in [0.2, 0.25) is 0 Å². The Balaban J connectivity index is 2.32. The average molecular weight is 243 g/mol. The number of aromatic amines is 1. The number of fused-ring (bicyclic) bond motifs is 1. The number of aromatic nitrogens is 2. The molecule has 2 aromatic heterocycles. The van der Waals surface area contributed by atoms with Crippen LogP contribution in [0.25, 0.3) is 22.2 Å². The Bertz CT molecular complexity index is 671. The lowest BCUT2D eigenvalue weighted by molar-refractivity contribution is 1.30. The first-order valence-corrected chi connectivity index (χ1v) is 5.82. The number of nitrogens with zero attached hydrogens (tertiary/aromatic N) is 1. The van der Waals surface area contributed by atoms with Crippen LogP contribution in [0.4, 0.5) is 0 Å². The van der Waals surface area contributed by atoms with Crippen LogP contribution >= 0.6 is 11.6 Å². The van der Waals surface area contributed by atoms with Crippen LogP contribution in [-0.4, -0.2) is 9.97 Å². The van der Waals surface area contributed by atoms with Gasteiger partial charge < -0.3 is 4.98 Å². The summed E-state index contributed by atoms with van der Waals surface area (Å²) in [6.45, 7) is 2.09. The van der Waals surface area contributed by atoms with E-state index in [0.717, 1.165) is 27.2 Å². The standard InChI is InChI=1S/C14H11ClN2/c1-9-11-5-2-6-12(15)14(11)17-13(9)10-4-3-7-16-8-10/h2-8,17H,1H3. The van der Waals surface area contributed by atoms with E-state index in [1.165, 1.54) is 5.56 Å². The molecule has 2 nitrogen and oxygen atoms in total. The molecule has 0 atom stereocenters. The Morgan fingerprint density at radius 2 is 2.06 bits per heavy atom. The van der Waals surface area contributed by atoms with Crippen LogP contribution in [-0.2, 0) is 0 Å². The summed E-state index contributed by atoms with van der Waals surface area (Å²) < 4.78 is 0. The number of halogens is 1. The predicted octanol–water partition coefficient (Wildman–Crippen LogP) is 4.19. The van der Waals surface area contributed by atoms with Crippen molar-refractivity contribution in [3.05, 3.63) is 53.3 Å². The van der Waals surface area contributed by atoms with E-state index in [0.29, 0.717) is 0 Å². The topological polar surface area (TPSA) is 28.7 Å². The number of H-pyrrole nitrogens is 1. The second-order valence-corrected chi connectivity index (χ2v) is 4.44. The zero-order valence-electron chi connectivity index (χ0n) is 9.37. The van der Waals surface area contributed by atoms with Gasteiger partial charge in [-0.05, 0) is 30.7 Å². The number of para-hydroxylation sites is 1. The second kappa shape index (κ2) is 3.90. The number of benzene rings is 1. The Kier molecular flexibility index (Phi) is 2.37. The minimum Gasteiger partial charge on any atom is -0.353 e. The maximum absolute atomic E-state index is 6.18. The molecule has 0 bridgehead atoms. The predicted molar refractivity (Wildman–Crippen MR) is 71.3 cm³/mol. The van der Waals surface area contributed by atoms with Gasteiger partial charge in [-0.3, -0.25) is 4.98 Å². The van der Waals surface area contributed by atoms with Crippen LogP contribution in [0, 0.1) is 6.92 Å². The maximum Gasteiger partial charge on any atom is 0.0650 e. The minimum absolute atomic E-state index is 0.751. The molecule has 17 heavy (non-hydrogen) atoms. The normalized spacial score (nSPS) is 10.9. The maximum atomic E-state index is 6.18. The van der Waals surface area contributed by atoms with Crippen molar-refractivity contribution < 1.29 is 0 Å². The highest BCUT2D eigenvalue weighted by Gasteiger charge is 2.10. The van der Waals surface area contributed by atoms with E-state index < -0.39 is 0 Å². The molecule has 0 saturated heterocycles. The molecule has 0 radical (unpaired) electrons. The van der Waals surface area contributed by atoms with Gasteiger partial charge in [-0.1, -0.05) is 23.7 Å². The highest BCUT2D eigenvalue weighted by atomic mass is 35.5. The zero-order valence-corrected chi connectivity index (χ0v) is 10.1. The summed E-state index contributed by atoms with van der Waals surface area (Å²) in [6.07, 6.45) is 3.63. The molecule has 0 aliphatic carbocycles. The highest BCUT2D eigenvalue weighted by molar-refractivity contribution is 6.35. The molecular weight excluding hydrogens is 232 g/mol. The third-order valence-electron chi connectivity index (χ3n) is 2.99. The number of hydrogen-bond donors (Lipinski definition) is 1. The van der Waals surface area contributed by atoms with Crippen molar-refractivity contribution in [2.45, 2.75) is 6.92 Å². The number of aryl methyl sites for hydroxylation is 1. The monoisotopic (exact) mass is 242 g/mol. The van der Waals surface area contributed by atoms with Crippen molar-refractivity contribution in [3.8, 4) is 11.3 Å². The van der Waals surface area contributed by atoms with Crippen LogP contribution in [0.1, 0.15) is 5.56 Å². The van der Waals surface area contributed by atoms with Crippen LogP contribution in [0.2, 0.25) is 5.02 Å². The van der Waals surface area contributed by atoms with Gasteiger partial charge in [-0.25, -0.2) is 0 Å². The van der Waals surface area contributed by atoms with E-state index in [1.807, 2.05) is 30.5 Å². The summed E-state index contributed by atoms with van der Waals surface area (Å²) in [6, 6.07) is 9.92. The number of pyridine rings is 1. The van der Waals surface area contributed by atoms with Gasteiger partial charge in [-0.15, -0.1) is 0 Å². The fourth-order valence-electron chi connectivity index (χ4n) is 2.12. The SMILES string of the molecule is Cc1c(-c2cccnc2)[nH]c2c(Cl)cccc12.